The van der Waals surface area contributed by atoms with Gasteiger partial charge >= 0.3 is 0 Å². The summed E-state index contributed by atoms with van der Waals surface area (Å²) in [4.78, 5) is 21.1. The van der Waals surface area contributed by atoms with Gasteiger partial charge in [-0.25, -0.2) is 4.98 Å². The van der Waals surface area contributed by atoms with Crippen LogP contribution < -0.4 is 5.32 Å². The van der Waals surface area contributed by atoms with Crippen molar-refractivity contribution in [1.29, 1.82) is 0 Å². The summed E-state index contributed by atoms with van der Waals surface area (Å²) < 4.78 is 1.77. The number of nitrogens with zero attached hydrogens (tertiary/aromatic N) is 2. The topological polar surface area (TPSA) is 54.9 Å². The molecule has 3 rings (SSSR count). The molecule has 1 aliphatic rings. The molecule has 0 spiro atoms. The maximum absolute atomic E-state index is 12.7. The maximum Gasteiger partial charge on any atom is 0.236 e. The molecule has 0 unspecified atom stereocenters. The lowest BCUT2D eigenvalue weighted by atomic mass is 9.64. The molecule has 2 aromatic heterocycles. The van der Waals surface area contributed by atoms with Crippen LogP contribution in [0.15, 0.2) is 45.7 Å². The van der Waals surface area contributed by atoms with Crippen molar-refractivity contribution in [1.82, 2.24) is 9.97 Å². The Balaban J connectivity index is 1.85. The van der Waals surface area contributed by atoms with Crippen molar-refractivity contribution in [2.75, 3.05) is 5.32 Å². The zero-order chi connectivity index (χ0) is 14.9. The molecule has 1 saturated carbocycles. The van der Waals surface area contributed by atoms with Crippen LogP contribution in [0.5, 0.6) is 0 Å². The summed E-state index contributed by atoms with van der Waals surface area (Å²) in [6, 6.07) is 5.62. The Morgan fingerprint density at radius 2 is 1.95 bits per heavy atom. The van der Waals surface area contributed by atoms with E-state index in [9.17, 15) is 4.79 Å². The van der Waals surface area contributed by atoms with E-state index in [1.165, 1.54) is 0 Å². The largest absolute Gasteiger partial charge is 0.310 e. The van der Waals surface area contributed by atoms with Crippen LogP contribution in [0, 0.1) is 0 Å². The fourth-order valence-electron chi connectivity index (χ4n) is 2.54. The van der Waals surface area contributed by atoms with Gasteiger partial charge in [0.1, 0.15) is 5.82 Å². The summed E-state index contributed by atoms with van der Waals surface area (Å²) in [6.45, 7) is 0. The Bertz CT molecular complexity index is 669. The first-order valence-corrected chi connectivity index (χ1v) is 8.23. The van der Waals surface area contributed by atoms with E-state index in [-0.39, 0.29) is 5.91 Å². The van der Waals surface area contributed by atoms with Gasteiger partial charge in [-0.1, -0.05) is 6.42 Å². The second-order valence-corrected chi connectivity index (χ2v) is 6.97. The average molecular weight is 411 g/mol. The van der Waals surface area contributed by atoms with Crippen LogP contribution in [0.25, 0.3) is 0 Å². The number of hydrogen-bond donors (Lipinski definition) is 1. The molecule has 6 heteroatoms. The van der Waals surface area contributed by atoms with E-state index in [0.29, 0.717) is 5.82 Å². The van der Waals surface area contributed by atoms with Crippen LogP contribution in [0.2, 0.25) is 0 Å². The van der Waals surface area contributed by atoms with E-state index in [2.05, 4.69) is 47.1 Å². The molecule has 0 aromatic carbocycles. The van der Waals surface area contributed by atoms with E-state index in [0.717, 1.165) is 33.8 Å². The van der Waals surface area contributed by atoms with Crippen LogP contribution in [0.3, 0.4) is 0 Å². The van der Waals surface area contributed by atoms with Crippen LogP contribution >= 0.6 is 31.9 Å². The van der Waals surface area contributed by atoms with E-state index in [1.807, 2.05) is 12.1 Å². The van der Waals surface area contributed by atoms with Crippen molar-refractivity contribution in [3.05, 3.63) is 51.3 Å². The van der Waals surface area contributed by atoms with E-state index in [4.69, 9.17) is 0 Å². The summed E-state index contributed by atoms with van der Waals surface area (Å²) in [6.07, 6.45) is 7.90. The van der Waals surface area contributed by atoms with Gasteiger partial charge in [-0.3, -0.25) is 9.78 Å². The predicted octanol–water partition coefficient (Wildman–Crippen LogP) is 4.06. The first-order valence-electron chi connectivity index (χ1n) is 6.64. The van der Waals surface area contributed by atoms with Gasteiger partial charge in [0.25, 0.3) is 0 Å². The zero-order valence-corrected chi connectivity index (χ0v) is 14.3. The van der Waals surface area contributed by atoms with E-state index < -0.39 is 5.41 Å². The third-order valence-electron chi connectivity index (χ3n) is 3.87. The molecule has 1 amide bonds. The summed E-state index contributed by atoms with van der Waals surface area (Å²) in [7, 11) is 0. The number of hydrogen-bond acceptors (Lipinski definition) is 3. The van der Waals surface area contributed by atoms with Gasteiger partial charge in [0.05, 0.1) is 5.41 Å². The molecular weight excluding hydrogens is 398 g/mol. The molecule has 0 radical (unpaired) electrons. The fourth-order valence-corrected chi connectivity index (χ4v) is 3.14. The number of carbonyl (C=O) groups excluding carboxylic acids is 1. The molecule has 4 nitrogen and oxygen atoms in total. The first-order chi connectivity index (χ1) is 10.1. The quantitative estimate of drug-likeness (QED) is 0.829. The fraction of sp³-hybridized carbons (Fsp3) is 0.267. The minimum atomic E-state index is -0.481. The Morgan fingerprint density at radius 3 is 2.52 bits per heavy atom. The number of amides is 1. The number of anilines is 1. The summed E-state index contributed by atoms with van der Waals surface area (Å²) >= 11 is 6.75. The highest BCUT2D eigenvalue weighted by atomic mass is 79.9. The van der Waals surface area contributed by atoms with E-state index >= 15 is 0 Å². The number of rotatable bonds is 3. The van der Waals surface area contributed by atoms with Gasteiger partial charge in [-0.2, -0.15) is 0 Å². The number of nitrogens with one attached hydrogen (secondary N) is 1. The lowest BCUT2D eigenvalue weighted by molar-refractivity contribution is -0.124. The van der Waals surface area contributed by atoms with Crippen LogP contribution in [0.1, 0.15) is 24.8 Å². The standard InChI is InChI=1S/C15H13Br2N3O/c16-11-2-3-13(19-9-11)20-14(21)15(4-1-5-15)10-6-12(17)8-18-7-10/h2-3,6-9H,1,4-5H2,(H,19,20,21). The average Bonchev–Trinajstić information content (AvgIpc) is 2.40. The maximum atomic E-state index is 12.7. The Hall–Kier alpha value is -1.27. The summed E-state index contributed by atoms with van der Waals surface area (Å²) in [5.41, 5.74) is 0.476. The molecule has 1 fully saturated rings. The third kappa shape index (κ3) is 2.87. The van der Waals surface area contributed by atoms with Gasteiger partial charge in [-0.05, 0) is 68.5 Å². The van der Waals surface area contributed by atoms with Crippen molar-refractivity contribution in [3.8, 4) is 0 Å². The summed E-state index contributed by atoms with van der Waals surface area (Å²) in [5.74, 6) is 0.556. The normalized spacial score (nSPS) is 16.1. The smallest absolute Gasteiger partial charge is 0.236 e. The van der Waals surface area contributed by atoms with Crippen LogP contribution in [-0.4, -0.2) is 15.9 Å². The molecule has 1 N–H and O–H groups in total. The van der Waals surface area contributed by atoms with Gasteiger partial charge in [0.2, 0.25) is 5.91 Å². The van der Waals surface area contributed by atoms with Crippen molar-refractivity contribution >= 4 is 43.6 Å². The van der Waals surface area contributed by atoms with Crippen molar-refractivity contribution < 1.29 is 4.79 Å². The van der Waals surface area contributed by atoms with Crippen LogP contribution in [0.4, 0.5) is 5.82 Å². The molecule has 0 atom stereocenters. The monoisotopic (exact) mass is 409 g/mol. The molecule has 0 saturated heterocycles. The van der Waals surface area contributed by atoms with Gasteiger partial charge in [0, 0.05) is 27.5 Å². The minimum absolute atomic E-state index is 0.0107. The molecule has 0 aliphatic heterocycles. The Kier molecular flexibility index (Phi) is 4.08. The molecule has 1 aliphatic carbocycles. The Labute approximate surface area is 139 Å². The highest BCUT2D eigenvalue weighted by molar-refractivity contribution is 9.10. The van der Waals surface area contributed by atoms with Crippen LogP contribution in [-0.2, 0) is 10.2 Å². The molecule has 108 valence electrons. The van der Waals surface area contributed by atoms with E-state index in [1.54, 1.807) is 24.7 Å². The lowest BCUT2D eigenvalue weighted by Gasteiger charge is -2.40. The molecule has 2 heterocycles. The van der Waals surface area contributed by atoms with Gasteiger partial charge < -0.3 is 5.32 Å². The first kappa shape index (κ1) is 14.7. The lowest BCUT2D eigenvalue weighted by Crippen LogP contribution is -2.46. The van der Waals surface area contributed by atoms with Crippen molar-refractivity contribution in [2.45, 2.75) is 24.7 Å². The third-order valence-corrected chi connectivity index (χ3v) is 4.77. The zero-order valence-electron chi connectivity index (χ0n) is 11.1. The Morgan fingerprint density at radius 1 is 1.14 bits per heavy atom. The number of aromatic nitrogens is 2. The predicted molar refractivity (Wildman–Crippen MR) is 88.0 cm³/mol. The van der Waals surface area contributed by atoms with Gasteiger partial charge in [-0.15, -0.1) is 0 Å². The van der Waals surface area contributed by atoms with Gasteiger partial charge in [0.15, 0.2) is 0 Å². The molecule has 21 heavy (non-hydrogen) atoms. The summed E-state index contributed by atoms with van der Waals surface area (Å²) in [5, 5.41) is 2.92. The highest BCUT2D eigenvalue weighted by Gasteiger charge is 2.46. The minimum Gasteiger partial charge on any atom is -0.310 e. The number of carbonyl (C=O) groups is 1. The molecule has 0 bridgehead atoms. The number of pyridine rings is 2. The highest BCUT2D eigenvalue weighted by Crippen LogP contribution is 2.44. The number of halogens is 2. The molecular formula is C15H13Br2N3O. The second kappa shape index (κ2) is 5.85. The second-order valence-electron chi connectivity index (χ2n) is 5.14. The molecule has 2 aromatic rings. The van der Waals surface area contributed by atoms with Crippen molar-refractivity contribution in [2.24, 2.45) is 0 Å². The van der Waals surface area contributed by atoms with Crippen molar-refractivity contribution in [3.63, 3.8) is 0 Å². The SMILES string of the molecule is O=C(Nc1ccc(Br)cn1)C1(c2cncc(Br)c2)CCC1.